The number of hydrogen-bond donors (Lipinski definition) is 2. The third-order valence-corrected chi connectivity index (χ3v) is 7.12. The van der Waals surface area contributed by atoms with E-state index in [1.807, 2.05) is 19.1 Å². The Balaban J connectivity index is 1.57. The summed E-state index contributed by atoms with van der Waals surface area (Å²) in [5.74, 6) is 0.0564. The number of ether oxygens (including phenoxy) is 1. The van der Waals surface area contributed by atoms with Crippen molar-refractivity contribution < 1.29 is 14.6 Å². The van der Waals surface area contributed by atoms with Gasteiger partial charge in [-0.1, -0.05) is 30.3 Å². The Hall–Kier alpha value is -2.24. The number of nitrogens with one attached hydrogen (secondary N) is 1. The zero-order valence-electron chi connectivity index (χ0n) is 18.8. The van der Waals surface area contributed by atoms with Crippen molar-refractivity contribution in [1.29, 1.82) is 0 Å². The summed E-state index contributed by atoms with van der Waals surface area (Å²) in [5.41, 5.74) is 2.32. The zero-order valence-corrected chi connectivity index (χ0v) is 18.8. The minimum Gasteiger partial charge on any atom is -0.393 e. The Bertz CT molecular complexity index is 914. The number of hydrogen-bond acceptors (Lipinski definition) is 4. The highest BCUT2D eigenvalue weighted by Crippen LogP contribution is 2.45. The monoisotopic (exact) mass is 422 g/mol. The van der Waals surface area contributed by atoms with E-state index >= 15 is 0 Å². The molecule has 166 valence electrons. The Labute approximate surface area is 185 Å². The van der Waals surface area contributed by atoms with Gasteiger partial charge in [0, 0.05) is 36.7 Å². The average molecular weight is 423 g/mol. The van der Waals surface area contributed by atoms with E-state index in [1.165, 1.54) is 5.56 Å². The smallest absolute Gasteiger partial charge is 0.252 e. The second-order valence-corrected chi connectivity index (χ2v) is 10.0. The van der Waals surface area contributed by atoms with Crippen LogP contribution in [-0.2, 0) is 10.2 Å². The average Bonchev–Trinajstić information content (AvgIpc) is 2.92. The summed E-state index contributed by atoms with van der Waals surface area (Å²) >= 11 is 0. The first-order valence-electron chi connectivity index (χ1n) is 11.4. The number of carbonyl (C=O) groups excluding carboxylic acids is 1. The molecule has 1 aliphatic carbocycles. The lowest BCUT2D eigenvalue weighted by molar-refractivity contribution is -0.178. The SMILES string of the molecule is Cc1cncc(C(=O)NC[C@]2(c3ccccc3)CC[C@H]3[C@H](CC2)OC(C)(C)C[C@@H]3O)c1. The van der Waals surface area contributed by atoms with Crippen molar-refractivity contribution in [2.24, 2.45) is 5.92 Å². The van der Waals surface area contributed by atoms with Gasteiger partial charge in [-0.3, -0.25) is 9.78 Å². The van der Waals surface area contributed by atoms with Gasteiger partial charge in [0.15, 0.2) is 0 Å². The van der Waals surface area contributed by atoms with Crippen molar-refractivity contribution in [2.75, 3.05) is 6.54 Å². The van der Waals surface area contributed by atoms with E-state index in [-0.39, 0.29) is 35.0 Å². The summed E-state index contributed by atoms with van der Waals surface area (Å²) in [6.45, 7) is 6.63. The summed E-state index contributed by atoms with van der Waals surface area (Å²) in [6, 6.07) is 12.4. The molecule has 0 spiro atoms. The second-order valence-electron chi connectivity index (χ2n) is 10.0. The Kier molecular flexibility index (Phi) is 6.18. The Morgan fingerprint density at radius 3 is 2.68 bits per heavy atom. The molecule has 1 saturated heterocycles. The van der Waals surface area contributed by atoms with Crippen LogP contribution in [0.4, 0.5) is 0 Å². The van der Waals surface area contributed by atoms with E-state index in [1.54, 1.807) is 12.4 Å². The van der Waals surface area contributed by atoms with Crippen LogP contribution in [0, 0.1) is 12.8 Å². The second kappa shape index (κ2) is 8.71. The maximum atomic E-state index is 12.9. The van der Waals surface area contributed by atoms with Crippen molar-refractivity contribution in [3.8, 4) is 0 Å². The molecule has 1 aromatic heterocycles. The van der Waals surface area contributed by atoms with Crippen LogP contribution in [-0.4, -0.2) is 40.4 Å². The predicted molar refractivity (Wildman–Crippen MR) is 121 cm³/mol. The molecule has 1 aliphatic heterocycles. The van der Waals surface area contributed by atoms with Crippen LogP contribution in [0.2, 0.25) is 0 Å². The van der Waals surface area contributed by atoms with Crippen molar-refractivity contribution in [1.82, 2.24) is 10.3 Å². The fourth-order valence-electron chi connectivity index (χ4n) is 5.48. The van der Waals surface area contributed by atoms with Gasteiger partial charge < -0.3 is 15.2 Å². The van der Waals surface area contributed by atoms with Crippen molar-refractivity contribution in [3.63, 3.8) is 0 Å². The highest BCUT2D eigenvalue weighted by Gasteiger charge is 2.46. The quantitative estimate of drug-likeness (QED) is 0.776. The summed E-state index contributed by atoms with van der Waals surface area (Å²) in [7, 11) is 0. The van der Waals surface area contributed by atoms with Gasteiger partial charge in [-0.2, -0.15) is 0 Å². The number of carbonyl (C=O) groups is 1. The van der Waals surface area contributed by atoms with Crippen LogP contribution in [0.5, 0.6) is 0 Å². The van der Waals surface area contributed by atoms with Crippen LogP contribution in [0.3, 0.4) is 0 Å². The lowest BCUT2D eigenvalue weighted by Crippen LogP contribution is -2.48. The lowest BCUT2D eigenvalue weighted by atomic mass is 9.73. The number of aryl methyl sites for hydroxylation is 1. The van der Waals surface area contributed by atoms with Gasteiger partial charge in [0.1, 0.15) is 0 Å². The number of aliphatic hydroxyl groups excluding tert-OH is 1. The van der Waals surface area contributed by atoms with Gasteiger partial charge in [0.05, 0.1) is 23.4 Å². The summed E-state index contributed by atoms with van der Waals surface area (Å²) in [5, 5.41) is 14.0. The molecule has 2 aromatic rings. The molecule has 1 amide bonds. The maximum Gasteiger partial charge on any atom is 0.252 e. The van der Waals surface area contributed by atoms with Gasteiger partial charge in [0.25, 0.3) is 5.91 Å². The number of fused-ring (bicyclic) bond motifs is 1. The lowest BCUT2D eigenvalue weighted by Gasteiger charge is -2.43. The number of amides is 1. The molecule has 4 rings (SSSR count). The minimum absolute atomic E-state index is 0.0565. The Morgan fingerprint density at radius 2 is 1.94 bits per heavy atom. The van der Waals surface area contributed by atoms with E-state index in [0.29, 0.717) is 18.5 Å². The van der Waals surface area contributed by atoms with Gasteiger partial charge in [-0.05, 0) is 63.6 Å². The summed E-state index contributed by atoms with van der Waals surface area (Å²) < 4.78 is 6.41. The topological polar surface area (TPSA) is 71.5 Å². The first-order valence-corrected chi connectivity index (χ1v) is 11.4. The normalized spacial score (nSPS) is 30.1. The van der Waals surface area contributed by atoms with E-state index in [0.717, 1.165) is 31.2 Å². The fourth-order valence-corrected chi connectivity index (χ4v) is 5.48. The highest BCUT2D eigenvalue weighted by atomic mass is 16.5. The molecule has 0 radical (unpaired) electrons. The molecule has 0 unspecified atom stereocenters. The first kappa shape index (κ1) is 22.0. The van der Waals surface area contributed by atoms with Crippen LogP contribution in [0.15, 0.2) is 48.8 Å². The molecular weight excluding hydrogens is 388 g/mol. The largest absolute Gasteiger partial charge is 0.393 e. The fraction of sp³-hybridized carbons (Fsp3) is 0.538. The molecule has 5 heteroatoms. The van der Waals surface area contributed by atoms with Crippen molar-refractivity contribution >= 4 is 5.91 Å². The number of benzene rings is 1. The van der Waals surface area contributed by atoms with Gasteiger partial charge in [-0.15, -0.1) is 0 Å². The van der Waals surface area contributed by atoms with E-state index in [9.17, 15) is 9.90 Å². The number of rotatable bonds is 4. The molecule has 2 heterocycles. The maximum absolute atomic E-state index is 12.9. The standard InChI is InChI=1S/C26H34N2O3/c1-18-13-19(16-27-15-18)24(30)28-17-26(20-7-5-4-6-8-20)11-9-21-22(29)14-25(2,3)31-23(21)10-12-26/h4-8,13,15-16,21-23,29H,9-12,14,17H2,1-3H3,(H,28,30)/t21-,22+,23+,26+/m1/s1. The Morgan fingerprint density at radius 1 is 1.19 bits per heavy atom. The minimum atomic E-state index is -0.340. The third kappa shape index (κ3) is 4.83. The molecule has 2 fully saturated rings. The van der Waals surface area contributed by atoms with Gasteiger partial charge >= 0.3 is 0 Å². The van der Waals surface area contributed by atoms with E-state index in [2.05, 4.69) is 48.4 Å². The van der Waals surface area contributed by atoms with Gasteiger partial charge in [0.2, 0.25) is 0 Å². The highest BCUT2D eigenvalue weighted by molar-refractivity contribution is 5.94. The molecule has 2 aliphatic rings. The van der Waals surface area contributed by atoms with Crippen LogP contribution >= 0.6 is 0 Å². The first-order chi connectivity index (χ1) is 14.8. The third-order valence-electron chi connectivity index (χ3n) is 7.12. The van der Waals surface area contributed by atoms with Crippen LogP contribution in [0.25, 0.3) is 0 Å². The number of nitrogens with zero attached hydrogens (tertiary/aromatic N) is 1. The van der Waals surface area contributed by atoms with Crippen LogP contribution in [0.1, 0.15) is 67.4 Å². The van der Waals surface area contributed by atoms with Gasteiger partial charge in [-0.25, -0.2) is 0 Å². The van der Waals surface area contributed by atoms with Crippen molar-refractivity contribution in [3.05, 3.63) is 65.5 Å². The molecule has 2 N–H and O–H groups in total. The number of aliphatic hydroxyl groups is 1. The summed E-state index contributed by atoms with van der Waals surface area (Å²) in [4.78, 5) is 17.0. The molecule has 31 heavy (non-hydrogen) atoms. The van der Waals surface area contributed by atoms with E-state index < -0.39 is 0 Å². The van der Waals surface area contributed by atoms with Crippen molar-refractivity contribution in [2.45, 2.75) is 76.1 Å². The molecular formula is C26H34N2O3. The predicted octanol–water partition coefficient (Wildman–Crippen LogP) is 4.18. The van der Waals surface area contributed by atoms with E-state index in [4.69, 9.17) is 4.74 Å². The molecule has 5 nitrogen and oxygen atoms in total. The molecule has 1 aromatic carbocycles. The molecule has 1 saturated carbocycles. The summed E-state index contributed by atoms with van der Waals surface area (Å²) in [6.07, 6.45) is 7.34. The number of aromatic nitrogens is 1. The number of pyridine rings is 1. The molecule has 0 bridgehead atoms. The molecule has 4 atom stereocenters. The zero-order chi connectivity index (χ0) is 22.1. The van der Waals surface area contributed by atoms with Crippen LogP contribution < -0.4 is 5.32 Å².